The minimum Gasteiger partial charge on any atom is -0.322 e. The maximum Gasteiger partial charge on any atom is 0.264 e. The third-order valence-corrected chi connectivity index (χ3v) is 6.17. The molecule has 0 aliphatic heterocycles. The van der Waals surface area contributed by atoms with Gasteiger partial charge in [-0.2, -0.15) is 0 Å². The average molecular weight is 429 g/mol. The minimum atomic E-state index is -3.83. The molecule has 150 valence electrons. The van der Waals surface area contributed by atoms with Crippen LogP contribution in [0.25, 0.3) is 0 Å². The second kappa shape index (κ2) is 9.06. The third kappa shape index (κ3) is 5.33. The van der Waals surface area contributed by atoms with Crippen LogP contribution in [0.5, 0.6) is 0 Å². The number of sulfonamides is 1. The zero-order valence-electron chi connectivity index (χ0n) is 15.9. The number of anilines is 2. The van der Waals surface area contributed by atoms with Gasteiger partial charge in [-0.05, 0) is 55.1 Å². The zero-order chi connectivity index (χ0) is 20.9. The van der Waals surface area contributed by atoms with E-state index in [0.717, 1.165) is 10.6 Å². The van der Waals surface area contributed by atoms with Crippen molar-refractivity contribution in [2.75, 3.05) is 15.8 Å². The lowest BCUT2D eigenvalue weighted by atomic mass is 10.2. The van der Waals surface area contributed by atoms with E-state index in [1.165, 1.54) is 18.3 Å². The van der Waals surface area contributed by atoms with Crippen LogP contribution in [0.1, 0.15) is 23.0 Å². The molecule has 1 heterocycles. The lowest BCUT2D eigenvalue weighted by Crippen LogP contribution is -2.16. The van der Waals surface area contributed by atoms with Crippen LogP contribution in [0, 0.1) is 6.92 Å². The number of thioether (sulfide) groups is 1. The molecule has 1 aromatic heterocycles. The van der Waals surface area contributed by atoms with E-state index in [4.69, 9.17) is 0 Å². The fourth-order valence-electron chi connectivity index (χ4n) is 2.53. The van der Waals surface area contributed by atoms with Crippen LogP contribution in [0.4, 0.5) is 11.6 Å². The van der Waals surface area contributed by atoms with E-state index >= 15 is 0 Å². The predicted octanol–water partition coefficient (Wildman–Crippen LogP) is 3.95. The molecule has 2 aromatic carbocycles. The molecule has 3 aromatic rings. The third-order valence-electron chi connectivity index (χ3n) is 3.87. The van der Waals surface area contributed by atoms with Crippen molar-refractivity contribution in [2.24, 2.45) is 0 Å². The van der Waals surface area contributed by atoms with Gasteiger partial charge in [-0.1, -0.05) is 19.1 Å². The standard InChI is InChI=1S/C20H20N4O3S2/c1-3-28-18-7-5-4-6-17(18)19(25)23-15-8-10-16(11-9-15)29(26,27)24-20-21-13-12-14(2)22-20/h4-13H,3H2,1-2H3,(H,23,25)(H,21,22,24). The van der Waals surface area contributed by atoms with Crippen molar-refractivity contribution in [3.05, 3.63) is 72.1 Å². The number of nitrogens with one attached hydrogen (secondary N) is 2. The summed E-state index contributed by atoms with van der Waals surface area (Å²) in [5.74, 6) is 0.616. The van der Waals surface area contributed by atoms with Gasteiger partial charge in [0.25, 0.3) is 15.9 Å². The van der Waals surface area contributed by atoms with Crippen LogP contribution >= 0.6 is 11.8 Å². The molecule has 0 radical (unpaired) electrons. The lowest BCUT2D eigenvalue weighted by Gasteiger charge is -2.10. The lowest BCUT2D eigenvalue weighted by molar-refractivity contribution is 0.102. The van der Waals surface area contributed by atoms with Crippen molar-refractivity contribution in [1.29, 1.82) is 0 Å². The number of carbonyl (C=O) groups excluding carboxylic acids is 1. The highest BCUT2D eigenvalue weighted by molar-refractivity contribution is 7.99. The van der Waals surface area contributed by atoms with E-state index in [1.54, 1.807) is 43.0 Å². The van der Waals surface area contributed by atoms with Crippen molar-refractivity contribution in [1.82, 2.24) is 9.97 Å². The van der Waals surface area contributed by atoms with Gasteiger partial charge < -0.3 is 5.32 Å². The molecule has 0 spiro atoms. The molecule has 9 heteroatoms. The summed E-state index contributed by atoms with van der Waals surface area (Å²) in [4.78, 5) is 21.5. The Kier molecular flexibility index (Phi) is 6.50. The summed E-state index contributed by atoms with van der Waals surface area (Å²) >= 11 is 1.59. The van der Waals surface area contributed by atoms with Gasteiger partial charge >= 0.3 is 0 Å². The van der Waals surface area contributed by atoms with Crippen molar-refractivity contribution >= 4 is 39.3 Å². The number of aromatic nitrogens is 2. The fourth-order valence-corrected chi connectivity index (χ4v) is 4.28. The number of hydrogen-bond donors (Lipinski definition) is 2. The number of benzene rings is 2. The molecule has 0 fully saturated rings. The Morgan fingerprint density at radius 3 is 2.48 bits per heavy atom. The Labute approximate surface area is 174 Å². The van der Waals surface area contributed by atoms with Crippen molar-refractivity contribution in [3.8, 4) is 0 Å². The Morgan fingerprint density at radius 2 is 1.79 bits per heavy atom. The summed E-state index contributed by atoms with van der Waals surface area (Å²) in [6.07, 6.45) is 1.48. The number of carbonyl (C=O) groups is 1. The number of hydrogen-bond acceptors (Lipinski definition) is 6. The molecule has 0 aliphatic rings. The maximum atomic E-state index is 12.6. The monoisotopic (exact) mass is 428 g/mol. The molecular formula is C20H20N4O3S2. The molecule has 0 bridgehead atoms. The highest BCUT2D eigenvalue weighted by atomic mass is 32.2. The van der Waals surface area contributed by atoms with E-state index in [-0.39, 0.29) is 16.8 Å². The zero-order valence-corrected chi connectivity index (χ0v) is 17.5. The quantitative estimate of drug-likeness (QED) is 0.553. The first-order valence-electron chi connectivity index (χ1n) is 8.85. The topological polar surface area (TPSA) is 101 Å². The van der Waals surface area contributed by atoms with Crippen LogP contribution < -0.4 is 10.0 Å². The summed E-state index contributed by atoms with van der Waals surface area (Å²) in [5, 5.41) is 2.80. The van der Waals surface area contributed by atoms with Crippen LogP contribution in [0.2, 0.25) is 0 Å². The number of amides is 1. The van der Waals surface area contributed by atoms with Crippen molar-refractivity contribution in [2.45, 2.75) is 23.6 Å². The van der Waals surface area contributed by atoms with Gasteiger partial charge in [0.15, 0.2) is 0 Å². The van der Waals surface area contributed by atoms with E-state index in [0.29, 0.717) is 16.9 Å². The Hall–Kier alpha value is -2.91. The van der Waals surface area contributed by atoms with Gasteiger partial charge in [-0.25, -0.2) is 23.1 Å². The van der Waals surface area contributed by atoms with Crippen LogP contribution in [-0.4, -0.2) is 30.0 Å². The summed E-state index contributed by atoms with van der Waals surface area (Å²) < 4.78 is 27.3. The molecule has 0 aliphatic carbocycles. The van der Waals surface area contributed by atoms with Crippen LogP contribution in [-0.2, 0) is 10.0 Å². The minimum absolute atomic E-state index is 0.00686. The van der Waals surface area contributed by atoms with Gasteiger partial charge in [0.05, 0.1) is 10.5 Å². The SMILES string of the molecule is CCSc1ccccc1C(=O)Nc1ccc(S(=O)(=O)Nc2nccc(C)n2)cc1. The summed E-state index contributed by atoms with van der Waals surface area (Å²) in [5.41, 5.74) is 1.73. The molecular weight excluding hydrogens is 408 g/mol. The average Bonchev–Trinajstić information content (AvgIpc) is 2.69. The Bertz CT molecular complexity index is 1120. The number of rotatable bonds is 7. The van der Waals surface area contributed by atoms with E-state index in [1.807, 2.05) is 25.1 Å². The first kappa shape index (κ1) is 20.8. The molecule has 0 saturated heterocycles. The second-order valence-electron chi connectivity index (χ2n) is 6.03. The number of aryl methyl sites for hydroxylation is 1. The normalized spacial score (nSPS) is 11.1. The van der Waals surface area contributed by atoms with Crippen LogP contribution in [0.3, 0.4) is 0 Å². The van der Waals surface area contributed by atoms with Crippen molar-refractivity contribution in [3.63, 3.8) is 0 Å². The van der Waals surface area contributed by atoms with Gasteiger partial charge in [0.2, 0.25) is 5.95 Å². The first-order chi connectivity index (χ1) is 13.9. The Balaban J connectivity index is 1.74. The molecule has 1 amide bonds. The molecule has 2 N–H and O–H groups in total. The molecule has 7 nitrogen and oxygen atoms in total. The van der Waals surface area contributed by atoms with E-state index < -0.39 is 10.0 Å². The maximum absolute atomic E-state index is 12.6. The fraction of sp³-hybridized carbons (Fsp3) is 0.150. The Morgan fingerprint density at radius 1 is 1.07 bits per heavy atom. The van der Waals surface area contributed by atoms with Crippen molar-refractivity contribution < 1.29 is 13.2 Å². The van der Waals surface area contributed by atoms with Crippen LogP contribution in [0.15, 0.2) is 70.6 Å². The second-order valence-corrected chi connectivity index (χ2v) is 9.02. The van der Waals surface area contributed by atoms with Gasteiger partial charge in [-0.15, -0.1) is 11.8 Å². The summed E-state index contributed by atoms with van der Waals surface area (Å²) in [7, 11) is -3.83. The molecule has 0 unspecified atom stereocenters. The summed E-state index contributed by atoms with van der Waals surface area (Å²) in [6, 6.07) is 14.9. The highest BCUT2D eigenvalue weighted by Gasteiger charge is 2.16. The van der Waals surface area contributed by atoms with E-state index in [2.05, 4.69) is 20.0 Å². The first-order valence-corrected chi connectivity index (χ1v) is 11.3. The highest BCUT2D eigenvalue weighted by Crippen LogP contribution is 2.24. The predicted molar refractivity (Wildman–Crippen MR) is 115 cm³/mol. The summed E-state index contributed by atoms with van der Waals surface area (Å²) in [6.45, 7) is 3.77. The molecule has 29 heavy (non-hydrogen) atoms. The van der Waals surface area contributed by atoms with Gasteiger partial charge in [-0.3, -0.25) is 4.79 Å². The molecule has 0 atom stereocenters. The molecule has 0 saturated carbocycles. The smallest absolute Gasteiger partial charge is 0.264 e. The van der Waals surface area contributed by atoms with Gasteiger partial charge in [0.1, 0.15) is 0 Å². The van der Waals surface area contributed by atoms with Gasteiger partial charge in [0, 0.05) is 22.5 Å². The number of nitrogens with zero attached hydrogens (tertiary/aromatic N) is 2. The molecule has 3 rings (SSSR count). The largest absolute Gasteiger partial charge is 0.322 e. The van der Waals surface area contributed by atoms with E-state index in [9.17, 15) is 13.2 Å².